The Hall–Kier alpha value is -2.20. The molecule has 0 radical (unpaired) electrons. The molecule has 0 spiro atoms. The number of amides is 1. The Morgan fingerprint density at radius 1 is 1.04 bits per heavy atom. The van der Waals surface area contributed by atoms with Gasteiger partial charge in [-0.25, -0.2) is 0 Å². The smallest absolute Gasteiger partial charge is 0.234 e. The lowest BCUT2D eigenvalue weighted by molar-refractivity contribution is -0.122. The Morgan fingerprint density at radius 2 is 1.84 bits per heavy atom. The van der Waals surface area contributed by atoms with Gasteiger partial charge in [0.15, 0.2) is 5.78 Å². The molecule has 2 aliphatic rings. The van der Waals surface area contributed by atoms with Crippen molar-refractivity contribution in [1.29, 1.82) is 0 Å². The summed E-state index contributed by atoms with van der Waals surface area (Å²) in [6.45, 7) is 1.99. The maximum absolute atomic E-state index is 13.1. The molecular formula is C21H24N2O2. The molecule has 1 heterocycles. The van der Waals surface area contributed by atoms with Crippen molar-refractivity contribution in [2.24, 2.45) is 5.92 Å². The van der Waals surface area contributed by atoms with E-state index in [-0.39, 0.29) is 17.6 Å². The molecule has 0 bridgehead atoms. The predicted octanol–water partition coefficient (Wildman–Crippen LogP) is 3.01. The van der Waals surface area contributed by atoms with Crippen molar-refractivity contribution in [3.63, 3.8) is 0 Å². The van der Waals surface area contributed by atoms with Gasteiger partial charge in [0.25, 0.3) is 0 Å². The number of likely N-dealkylation sites (tertiary alicyclic amines) is 1. The molecule has 0 aromatic heterocycles. The van der Waals surface area contributed by atoms with Crippen LogP contribution in [0.3, 0.4) is 0 Å². The average molecular weight is 336 g/mol. The Balaban J connectivity index is 1.46. The highest BCUT2D eigenvalue weighted by Crippen LogP contribution is 2.26. The third-order valence-corrected chi connectivity index (χ3v) is 5.24. The van der Waals surface area contributed by atoms with Crippen LogP contribution >= 0.6 is 0 Å². The third kappa shape index (κ3) is 3.74. The summed E-state index contributed by atoms with van der Waals surface area (Å²) in [5.74, 6) is 0.290. The molecule has 1 aliphatic heterocycles. The normalized spacial score (nSPS) is 21.2. The Labute approximate surface area is 148 Å². The largest absolute Gasteiger partial charge is 0.352 e. The van der Waals surface area contributed by atoms with E-state index in [1.54, 1.807) is 0 Å². The number of hydrogen-bond donors (Lipinski definition) is 1. The van der Waals surface area contributed by atoms with Crippen molar-refractivity contribution in [2.75, 3.05) is 19.6 Å². The molecular weight excluding hydrogens is 312 g/mol. The summed E-state index contributed by atoms with van der Waals surface area (Å²) in [5.41, 5.74) is 0.812. The molecule has 2 aromatic carbocycles. The summed E-state index contributed by atoms with van der Waals surface area (Å²) < 4.78 is 0. The number of ketones is 1. The molecule has 2 fully saturated rings. The van der Waals surface area contributed by atoms with Crippen LogP contribution in [0.2, 0.25) is 0 Å². The summed E-state index contributed by atoms with van der Waals surface area (Å²) >= 11 is 0. The topological polar surface area (TPSA) is 49.4 Å². The summed E-state index contributed by atoms with van der Waals surface area (Å²) in [5, 5.41) is 5.16. The van der Waals surface area contributed by atoms with Gasteiger partial charge in [-0.1, -0.05) is 42.5 Å². The van der Waals surface area contributed by atoms with E-state index in [2.05, 4.69) is 10.2 Å². The fourth-order valence-corrected chi connectivity index (χ4v) is 3.78. The van der Waals surface area contributed by atoms with Gasteiger partial charge >= 0.3 is 0 Å². The zero-order chi connectivity index (χ0) is 17.2. The van der Waals surface area contributed by atoms with Crippen LogP contribution in [0.4, 0.5) is 0 Å². The second-order valence-electron chi connectivity index (χ2n) is 7.31. The zero-order valence-electron chi connectivity index (χ0n) is 14.4. The lowest BCUT2D eigenvalue weighted by Gasteiger charge is -2.31. The quantitative estimate of drug-likeness (QED) is 0.854. The van der Waals surface area contributed by atoms with Gasteiger partial charge in [-0.3, -0.25) is 14.5 Å². The van der Waals surface area contributed by atoms with Crippen LogP contribution in [0.5, 0.6) is 0 Å². The van der Waals surface area contributed by atoms with Gasteiger partial charge in [0.05, 0.1) is 6.54 Å². The highest BCUT2D eigenvalue weighted by atomic mass is 16.2. The van der Waals surface area contributed by atoms with Gasteiger partial charge in [0, 0.05) is 24.1 Å². The Bertz CT molecular complexity index is 792. The molecule has 1 atom stereocenters. The molecule has 2 aromatic rings. The maximum Gasteiger partial charge on any atom is 0.234 e. The molecule has 1 saturated heterocycles. The number of piperidine rings is 1. The van der Waals surface area contributed by atoms with Crippen LogP contribution in [0.15, 0.2) is 42.5 Å². The second-order valence-corrected chi connectivity index (χ2v) is 7.31. The minimum absolute atomic E-state index is 0.0201. The zero-order valence-corrected chi connectivity index (χ0v) is 14.4. The van der Waals surface area contributed by atoms with Crippen LogP contribution in [0, 0.1) is 5.92 Å². The van der Waals surface area contributed by atoms with Gasteiger partial charge < -0.3 is 5.32 Å². The van der Waals surface area contributed by atoms with Crippen molar-refractivity contribution < 1.29 is 9.59 Å². The molecule has 25 heavy (non-hydrogen) atoms. The van der Waals surface area contributed by atoms with Gasteiger partial charge in [0.1, 0.15) is 0 Å². The van der Waals surface area contributed by atoms with Crippen molar-refractivity contribution >= 4 is 22.5 Å². The van der Waals surface area contributed by atoms with E-state index in [9.17, 15) is 9.59 Å². The van der Waals surface area contributed by atoms with Crippen LogP contribution < -0.4 is 5.32 Å². The summed E-state index contributed by atoms with van der Waals surface area (Å²) in [6, 6.07) is 14.4. The number of nitrogens with zero attached hydrogens (tertiary/aromatic N) is 1. The van der Waals surface area contributed by atoms with Crippen LogP contribution in [-0.4, -0.2) is 42.3 Å². The molecule has 1 saturated carbocycles. The van der Waals surface area contributed by atoms with E-state index in [0.29, 0.717) is 19.1 Å². The SMILES string of the molecule is O=C(CN1CCCC(C(=O)c2cccc3ccccc23)C1)NC1CC1. The summed E-state index contributed by atoms with van der Waals surface area (Å²) in [6.07, 6.45) is 4.09. The highest BCUT2D eigenvalue weighted by molar-refractivity contribution is 6.09. The first kappa shape index (κ1) is 16.3. The molecule has 4 rings (SSSR count). The molecule has 1 amide bonds. The number of carbonyl (C=O) groups is 2. The maximum atomic E-state index is 13.1. The fraction of sp³-hybridized carbons (Fsp3) is 0.429. The molecule has 1 N–H and O–H groups in total. The number of fused-ring (bicyclic) bond motifs is 1. The van der Waals surface area contributed by atoms with Gasteiger partial charge in [-0.2, -0.15) is 0 Å². The van der Waals surface area contributed by atoms with E-state index >= 15 is 0 Å². The molecule has 1 aliphatic carbocycles. The second kappa shape index (κ2) is 6.96. The monoisotopic (exact) mass is 336 g/mol. The predicted molar refractivity (Wildman–Crippen MR) is 98.6 cm³/mol. The molecule has 1 unspecified atom stereocenters. The molecule has 4 heteroatoms. The van der Waals surface area contributed by atoms with E-state index in [1.165, 1.54) is 0 Å². The van der Waals surface area contributed by atoms with Crippen molar-refractivity contribution in [3.05, 3.63) is 48.0 Å². The van der Waals surface area contributed by atoms with Gasteiger partial charge in [-0.15, -0.1) is 0 Å². The van der Waals surface area contributed by atoms with Crippen LogP contribution in [-0.2, 0) is 4.79 Å². The fourth-order valence-electron chi connectivity index (χ4n) is 3.78. The first-order valence-corrected chi connectivity index (χ1v) is 9.24. The number of benzene rings is 2. The van der Waals surface area contributed by atoms with E-state index in [4.69, 9.17) is 0 Å². The first-order valence-electron chi connectivity index (χ1n) is 9.24. The lowest BCUT2D eigenvalue weighted by Crippen LogP contribution is -2.44. The highest BCUT2D eigenvalue weighted by Gasteiger charge is 2.29. The summed E-state index contributed by atoms with van der Waals surface area (Å²) in [7, 11) is 0. The number of rotatable bonds is 5. The molecule has 130 valence electrons. The van der Waals surface area contributed by atoms with Crippen LogP contribution in [0.1, 0.15) is 36.0 Å². The lowest BCUT2D eigenvalue weighted by atomic mass is 9.88. The number of hydrogen-bond acceptors (Lipinski definition) is 3. The van der Waals surface area contributed by atoms with Gasteiger partial charge in [0.2, 0.25) is 5.91 Å². The standard InChI is InChI=1S/C21H24N2O2/c24-20(22-17-10-11-17)14-23-12-4-7-16(13-23)21(25)19-9-3-6-15-5-1-2-8-18(15)19/h1-3,5-6,8-9,16-17H,4,7,10-14H2,(H,22,24). The third-order valence-electron chi connectivity index (χ3n) is 5.24. The van der Waals surface area contributed by atoms with E-state index in [0.717, 1.165) is 48.6 Å². The van der Waals surface area contributed by atoms with E-state index < -0.39 is 0 Å². The van der Waals surface area contributed by atoms with E-state index in [1.807, 2.05) is 42.5 Å². The first-order chi connectivity index (χ1) is 12.2. The summed E-state index contributed by atoms with van der Waals surface area (Å²) in [4.78, 5) is 27.3. The Kier molecular flexibility index (Phi) is 4.53. The number of Topliss-reactive ketones (excluding diaryl/α,β-unsaturated/α-hetero) is 1. The average Bonchev–Trinajstić information content (AvgIpc) is 3.44. The molecule has 4 nitrogen and oxygen atoms in total. The number of nitrogens with one attached hydrogen (secondary N) is 1. The van der Waals surface area contributed by atoms with Crippen molar-refractivity contribution in [2.45, 2.75) is 31.7 Å². The van der Waals surface area contributed by atoms with Crippen molar-refractivity contribution in [1.82, 2.24) is 10.2 Å². The minimum atomic E-state index is -0.0201. The Morgan fingerprint density at radius 3 is 2.68 bits per heavy atom. The van der Waals surface area contributed by atoms with Crippen molar-refractivity contribution in [3.8, 4) is 0 Å². The number of carbonyl (C=O) groups excluding carboxylic acids is 2. The van der Waals surface area contributed by atoms with Crippen LogP contribution in [0.25, 0.3) is 10.8 Å². The minimum Gasteiger partial charge on any atom is -0.352 e. The van der Waals surface area contributed by atoms with Gasteiger partial charge in [-0.05, 0) is 43.0 Å².